The molecule has 0 saturated carbocycles. The molecule has 1 unspecified atom stereocenters. The average Bonchev–Trinajstić information content (AvgIpc) is 2.61. The molecule has 2 aromatic rings. The second-order valence-electron chi connectivity index (χ2n) is 3.46. The van der Waals surface area contributed by atoms with Crippen LogP contribution >= 0.6 is 31.9 Å². The predicted octanol–water partition coefficient (Wildman–Crippen LogP) is 2.56. The number of aliphatic hydroxyl groups excluding tert-OH is 1. The Hall–Kier alpha value is -0.790. The van der Waals surface area contributed by atoms with E-state index in [1.165, 1.54) is 16.8 Å². The molecule has 4 nitrogen and oxygen atoms in total. The van der Waals surface area contributed by atoms with Gasteiger partial charge in [-0.05, 0) is 34.1 Å². The number of halogens is 3. The molecule has 17 heavy (non-hydrogen) atoms. The molecule has 1 aromatic carbocycles. The SMILES string of the molecule is Cn1nnc(Br)c1C(O)c1cc(Br)ccc1F. The predicted molar refractivity (Wildman–Crippen MR) is 66.9 cm³/mol. The molecule has 0 aliphatic rings. The van der Waals surface area contributed by atoms with Crippen molar-refractivity contribution in [3.63, 3.8) is 0 Å². The largest absolute Gasteiger partial charge is 0.382 e. The van der Waals surface area contributed by atoms with Crippen LogP contribution in [0.4, 0.5) is 4.39 Å². The number of rotatable bonds is 2. The fraction of sp³-hybridized carbons (Fsp3) is 0.200. The molecule has 1 aromatic heterocycles. The summed E-state index contributed by atoms with van der Waals surface area (Å²) >= 11 is 6.41. The molecule has 0 amide bonds. The first kappa shape index (κ1) is 12.7. The highest BCUT2D eigenvalue weighted by atomic mass is 79.9. The summed E-state index contributed by atoms with van der Waals surface area (Å²) in [5, 5.41) is 17.6. The summed E-state index contributed by atoms with van der Waals surface area (Å²) in [5.74, 6) is -0.478. The quantitative estimate of drug-likeness (QED) is 0.890. The smallest absolute Gasteiger partial charge is 0.154 e. The highest BCUT2D eigenvalue weighted by Gasteiger charge is 2.22. The summed E-state index contributed by atoms with van der Waals surface area (Å²) < 4.78 is 16.1. The number of hydrogen-bond acceptors (Lipinski definition) is 3. The first-order chi connectivity index (χ1) is 8.00. The highest BCUT2D eigenvalue weighted by molar-refractivity contribution is 9.10. The van der Waals surface area contributed by atoms with Gasteiger partial charge in [0.05, 0.1) is 0 Å². The van der Waals surface area contributed by atoms with Gasteiger partial charge < -0.3 is 5.11 Å². The van der Waals surface area contributed by atoms with E-state index in [9.17, 15) is 9.50 Å². The zero-order valence-corrected chi connectivity index (χ0v) is 11.9. The third kappa shape index (κ3) is 2.41. The zero-order valence-electron chi connectivity index (χ0n) is 8.73. The van der Waals surface area contributed by atoms with Gasteiger partial charge in [0.25, 0.3) is 0 Å². The fourth-order valence-corrected chi connectivity index (χ4v) is 2.42. The Labute approximate surface area is 114 Å². The van der Waals surface area contributed by atoms with E-state index in [0.29, 0.717) is 14.8 Å². The molecular formula is C10H8Br2FN3O. The Kier molecular flexibility index (Phi) is 3.60. The fourth-order valence-electron chi connectivity index (χ4n) is 1.50. The van der Waals surface area contributed by atoms with Gasteiger partial charge in [-0.1, -0.05) is 21.1 Å². The van der Waals surface area contributed by atoms with E-state index >= 15 is 0 Å². The number of aryl methyl sites for hydroxylation is 1. The molecule has 90 valence electrons. The van der Waals surface area contributed by atoms with Crippen molar-refractivity contribution in [2.24, 2.45) is 7.05 Å². The van der Waals surface area contributed by atoms with Gasteiger partial charge in [0, 0.05) is 17.1 Å². The van der Waals surface area contributed by atoms with Crippen LogP contribution in [0.25, 0.3) is 0 Å². The van der Waals surface area contributed by atoms with Crippen molar-refractivity contribution >= 4 is 31.9 Å². The van der Waals surface area contributed by atoms with Crippen molar-refractivity contribution in [1.82, 2.24) is 15.0 Å². The minimum absolute atomic E-state index is 0.172. The molecule has 0 saturated heterocycles. The molecular weight excluding hydrogens is 357 g/mol. The van der Waals surface area contributed by atoms with Crippen LogP contribution in [0, 0.1) is 5.82 Å². The van der Waals surface area contributed by atoms with E-state index in [1.54, 1.807) is 13.1 Å². The number of aromatic nitrogens is 3. The number of aliphatic hydroxyl groups is 1. The molecule has 1 atom stereocenters. The lowest BCUT2D eigenvalue weighted by Gasteiger charge is -2.12. The molecule has 0 spiro atoms. The normalized spacial score (nSPS) is 12.8. The Morgan fingerprint density at radius 1 is 1.41 bits per heavy atom. The van der Waals surface area contributed by atoms with Crippen LogP contribution in [0.2, 0.25) is 0 Å². The van der Waals surface area contributed by atoms with Crippen molar-refractivity contribution in [3.05, 3.63) is 44.3 Å². The van der Waals surface area contributed by atoms with E-state index in [1.807, 2.05) is 0 Å². The molecule has 1 heterocycles. The molecule has 1 N–H and O–H groups in total. The van der Waals surface area contributed by atoms with Crippen molar-refractivity contribution in [2.75, 3.05) is 0 Å². The summed E-state index contributed by atoms with van der Waals surface area (Å²) in [7, 11) is 1.63. The van der Waals surface area contributed by atoms with Gasteiger partial charge in [-0.15, -0.1) is 5.10 Å². The number of benzene rings is 1. The molecule has 0 fully saturated rings. The summed E-state index contributed by atoms with van der Waals surface area (Å²) in [4.78, 5) is 0. The second kappa shape index (κ2) is 4.83. The highest BCUT2D eigenvalue weighted by Crippen LogP contribution is 2.29. The minimum atomic E-state index is -1.12. The molecule has 0 aliphatic heterocycles. The van der Waals surface area contributed by atoms with Gasteiger partial charge in [0.2, 0.25) is 0 Å². The monoisotopic (exact) mass is 363 g/mol. The van der Waals surface area contributed by atoms with Crippen molar-refractivity contribution in [2.45, 2.75) is 6.10 Å². The molecule has 7 heteroatoms. The Morgan fingerprint density at radius 3 is 2.71 bits per heavy atom. The topological polar surface area (TPSA) is 50.9 Å². The van der Waals surface area contributed by atoms with E-state index in [2.05, 4.69) is 42.2 Å². The zero-order chi connectivity index (χ0) is 12.6. The lowest BCUT2D eigenvalue weighted by Crippen LogP contribution is -2.09. The van der Waals surface area contributed by atoms with Gasteiger partial charge in [0.15, 0.2) is 4.60 Å². The van der Waals surface area contributed by atoms with Gasteiger partial charge >= 0.3 is 0 Å². The Morgan fingerprint density at radius 2 is 2.12 bits per heavy atom. The second-order valence-corrected chi connectivity index (χ2v) is 5.12. The number of hydrogen-bond donors (Lipinski definition) is 1. The number of nitrogens with zero attached hydrogens (tertiary/aromatic N) is 3. The third-order valence-electron chi connectivity index (χ3n) is 2.34. The standard InChI is InChI=1S/C10H8Br2FN3O/c1-16-8(10(12)14-15-16)9(17)6-4-5(11)2-3-7(6)13/h2-4,9,17H,1H3. The third-order valence-corrected chi connectivity index (χ3v) is 3.40. The Bertz CT molecular complexity index is 539. The van der Waals surface area contributed by atoms with Crippen LogP contribution in [0.5, 0.6) is 0 Å². The van der Waals surface area contributed by atoms with Crippen LogP contribution < -0.4 is 0 Å². The first-order valence-electron chi connectivity index (χ1n) is 4.68. The van der Waals surface area contributed by atoms with Crippen molar-refractivity contribution in [1.29, 1.82) is 0 Å². The molecule has 0 bridgehead atoms. The maximum Gasteiger partial charge on any atom is 0.154 e. The van der Waals surface area contributed by atoms with Crippen LogP contribution in [0.1, 0.15) is 17.4 Å². The summed E-state index contributed by atoms with van der Waals surface area (Å²) in [6, 6.07) is 4.39. The van der Waals surface area contributed by atoms with E-state index in [0.717, 1.165) is 0 Å². The van der Waals surface area contributed by atoms with Crippen LogP contribution in [0.15, 0.2) is 27.3 Å². The van der Waals surface area contributed by atoms with E-state index in [-0.39, 0.29) is 5.56 Å². The van der Waals surface area contributed by atoms with Crippen LogP contribution in [-0.4, -0.2) is 20.1 Å². The van der Waals surface area contributed by atoms with E-state index < -0.39 is 11.9 Å². The summed E-state index contributed by atoms with van der Waals surface area (Å²) in [6.07, 6.45) is -1.12. The van der Waals surface area contributed by atoms with Crippen LogP contribution in [-0.2, 0) is 7.05 Å². The maximum atomic E-state index is 13.6. The molecule has 0 aliphatic carbocycles. The average molecular weight is 365 g/mol. The summed E-state index contributed by atoms with van der Waals surface area (Å²) in [5.41, 5.74) is 0.576. The Balaban J connectivity index is 2.50. The van der Waals surface area contributed by atoms with Gasteiger partial charge in [-0.2, -0.15) is 0 Å². The van der Waals surface area contributed by atoms with Gasteiger partial charge in [-0.25, -0.2) is 9.07 Å². The van der Waals surface area contributed by atoms with E-state index in [4.69, 9.17) is 0 Å². The maximum absolute atomic E-state index is 13.6. The first-order valence-corrected chi connectivity index (χ1v) is 6.27. The lowest BCUT2D eigenvalue weighted by molar-refractivity contribution is 0.204. The van der Waals surface area contributed by atoms with Crippen LogP contribution in [0.3, 0.4) is 0 Å². The van der Waals surface area contributed by atoms with Crippen molar-refractivity contribution < 1.29 is 9.50 Å². The molecule has 0 radical (unpaired) electrons. The van der Waals surface area contributed by atoms with Gasteiger partial charge in [0.1, 0.15) is 17.6 Å². The lowest BCUT2D eigenvalue weighted by atomic mass is 10.1. The van der Waals surface area contributed by atoms with Crippen molar-refractivity contribution in [3.8, 4) is 0 Å². The minimum Gasteiger partial charge on any atom is -0.382 e. The van der Waals surface area contributed by atoms with Gasteiger partial charge in [-0.3, -0.25) is 0 Å². The molecule has 2 rings (SSSR count). The summed E-state index contributed by atoms with van der Waals surface area (Å²) in [6.45, 7) is 0.